The van der Waals surface area contributed by atoms with E-state index in [0.717, 1.165) is 0 Å². The zero-order chi connectivity index (χ0) is 86.4. The Labute approximate surface area is 686 Å². The van der Waals surface area contributed by atoms with E-state index in [-0.39, 0.29) is 59.1 Å². The molecule has 2 aliphatic heterocycles. The van der Waals surface area contributed by atoms with Crippen molar-refractivity contribution >= 4 is 144 Å². The van der Waals surface area contributed by atoms with Crippen molar-refractivity contribution in [2.45, 2.75) is 153 Å². The summed E-state index contributed by atoms with van der Waals surface area (Å²) in [5, 5.41) is 81.2. The summed E-state index contributed by atoms with van der Waals surface area (Å²) in [5.74, 6) is -20.3. The quantitative estimate of drug-likeness (QED) is 0.0148. The third kappa shape index (κ3) is 32.4. The van der Waals surface area contributed by atoms with Crippen LogP contribution in [0.1, 0.15) is 89.0 Å². The molecule has 36 nitrogen and oxygen atoms in total. The number of aliphatic carboxylic acids is 2. The molecular formula is C77H98N14O22S4. The number of carbonyl (C=O) groups is 16. The van der Waals surface area contributed by atoms with Crippen LogP contribution in [0.4, 0.5) is 0 Å². The van der Waals surface area contributed by atoms with Gasteiger partial charge in [-0.15, -0.1) is 0 Å². The van der Waals surface area contributed by atoms with Crippen molar-refractivity contribution in [3.63, 3.8) is 0 Å². The maximum absolute atomic E-state index is 15.2. The van der Waals surface area contributed by atoms with Crippen molar-refractivity contribution < 1.29 is 106 Å². The number of aliphatic hydroxyl groups is 1. The van der Waals surface area contributed by atoms with E-state index < -0.39 is 238 Å². The Bertz CT molecular complexity index is 4430. The lowest BCUT2D eigenvalue weighted by Gasteiger charge is -2.30. The van der Waals surface area contributed by atoms with Crippen molar-refractivity contribution in [1.29, 1.82) is 0 Å². The summed E-state index contributed by atoms with van der Waals surface area (Å²) in [7, 11) is -1.81. The van der Waals surface area contributed by atoms with Crippen LogP contribution in [0, 0.1) is 10.8 Å². The van der Waals surface area contributed by atoms with Crippen LogP contribution in [0.3, 0.4) is 0 Å². The summed E-state index contributed by atoms with van der Waals surface area (Å²) in [6.07, 6.45) is 0.194. The molecular weight excluding hydrogens is 1600 g/mol. The van der Waals surface area contributed by atoms with E-state index in [4.69, 9.17) is 0 Å². The number of carbonyl (C=O) groups excluding carboxylic acids is 14. The van der Waals surface area contributed by atoms with Gasteiger partial charge in [-0.2, -0.15) is 16.1 Å². The number of hydrogen-bond acceptors (Lipinski definition) is 23. The number of aromatic hydroxyl groups is 2. The molecule has 40 heteroatoms. The summed E-state index contributed by atoms with van der Waals surface area (Å²) >= 11 is 1.24. The first-order chi connectivity index (χ1) is 55.1. The maximum Gasteiger partial charge on any atom is 0.305 e. The van der Waals surface area contributed by atoms with E-state index >= 15 is 4.79 Å². The van der Waals surface area contributed by atoms with Gasteiger partial charge in [-0.3, -0.25) is 76.7 Å². The second kappa shape index (κ2) is 44.8. The number of nitrogens with zero attached hydrogens (tertiary/aromatic N) is 2. The van der Waals surface area contributed by atoms with E-state index in [1.807, 2.05) is 39.8 Å². The molecule has 14 amide bonds. The molecule has 17 N–H and O–H groups in total. The third-order valence-corrected chi connectivity index (χ3v) is 23.8. The molecule has 1 saturated heterocycles. The van der Waals surface area contributed by atoms with E-state index in [9.17, 15) is 102 Å². The SMILES string of the molecule is C=NC(=O)[C@H](CC(=O)O)NC(=O)[C@H](CCSC)NC(=O)[C@H](Cc1ccc(O)cc1)NC(=O)[C@H]1CSSC[C@@H](NC(=O)C(O)(Cc2ccccc2)NC(=O)CCC(=O)N=S2(=O)CC(C)(C)C=CC(C)(C)C2)C(=O)NCC(=O)N[C@@H](CC(=O)O)C(=O)NCC(=O)N[C@@H](Cc2ccccc2)C(=O)N[C@@H](Cc2ccc(O)cc2)C(=O)N[C@@H](C)C(=O)N1. The van der Waals surface area contributed by atoms with Crippen LogP contribution < -0.4 is 63.8 Å². The maximum atomic E-state index is 15.2. The van der Waals surface area contributed by atoms with E-state index in [0.29, 0.717) is 32.7 Å². The zero-order valence-corrected chi connectivity index (χ0v) is 68.2. The highest BCUT2D eigenvalue weighted by Gasteiger charge is 2.42. The topological polar surface area (TPSA) is 560 Å². The molecule has 2 aliphatic rings. The van der Waals surface area contributed by atoms with Crippen molar-refractivity contribution in [3.05, 3.63) is 144 Å². The van der Waals surface area contributed by atoms with Gasteiger partial charge in [0.15, 0.2) is 0 Å². The fourth-order valence-electron chi connectivity index (χ4n) is 11.9. The fraction of sp³-hybridized carbons (Fsp3) is 0.442. The minimum atomic E-state index is -3.20. The number of rotatable bonds is 28. The Morgan fingerprint density at radius 2 is 1.12 bits per heavy atom. The number of phenols is 2. The molecule has 6 rings (SSSR count). The first-order valence-electron chi connectivity index (χ1n) is 36.7. The number of carboxylic acids is 2. The van der Waals surface area contributed by atoms with Gasteiger partial charge in [0.1, 0.15) is 65.9 Å². The van der Waals surface area contributed by atoms with Gasteiger partial charge in [-0.05, 0) is 89.4 Å². The van der Waals surface area contributed by atoms with Crippen LogP contribution in [0.2, 0.25) is 0 Å². The van der Waals surface area contributed by atoms with Crippen molar-refractivity contribution in [3.8, 4) is 11.5 Å². The van der Waals surface area contributed by atoms with Gasteiger partial charge in [0.05, 0.1) is 35.7 Å². The molecule has 632 valence electrons. The second-order valence-electron chi connectivity index (χ2n) is 29.1. The van der Waals surface area contributed by atoms with Crippen LogP contribution in [-0.4, -0.2) is 239 Å². The standard InChI is InChI=1S/C77H98N14O22S4/c1-44-65(102)88-58(73(110)86-54(34-47-20-24-50(93)25-21-47)72(109)84-51(28-31-114-7)69(106)87-55(35-63(98)99)66(103)78-6)41-116-115-40-57(89-74(111)77(112,37-48-16-12-9-13-17-48)90-59(94)26-27-60(95)91-117(113)42-75(2,3)29-30-76(4,5)43-117)68(105)80-39-62(97)83-56(36-64(100)101)67(104)79-38-61(96)82-52(32-45-14-10-8-11-15-45)71(108)85-53(70(107)81-44)33-46-18-22-49(92)23-19-46/h8-25,29-30,44,51-58,92-93,112H,6,26-28,31-43H2,1-5,7H3,(H,79,104)(H,80,105)(H,81,107)(H,82,96)(H,83,97)(H,84,109)(H,85,108)(H,86,110)(H,87,106)(H,88,102)(H,89,111)(H,90,94)(H,98,99)(H,100,101)/t44-,51-,52-,53-,54-,55-,56-,57+,58+,77?/m0/s1. The summed E-state index contributed by atoms with van der Waals surface area (Å²) < 4.78 is 18.3. The normalized spacial score (nSPS) is 20.9. The van der Waals surface area contributed by atoms with Crippen molar-refractivity contribution in [2.75, 3.05) is 48.1 Å². The van der Waals surface area contributed by atoms with Crippen LogP contribution in [-0.2, 0) is 112 Å². The zero-order valence-electron chi connectivity index (χ0n) is 65.0. The summed E-state index contributed by atoms with van der Waals surface area (Å²) in [5.41, 5.74) is -2.92. The number of amides is 14. The minimum Gasteiger partial charge on any atom is -0.508 e. The lowest BCUT2D eigenvalue weighted by Crippen LogP contribution is -2.63. The van der Waals surface area contributed by atoms with Gasteiger partial charge >= 0.3 is 11.9 Å². The average molecular weight is 1700 g/mol. The summed E-state index contributed by atoms with van der Waals surface area (Å²) in [6.45, 7) is 9.60. The van der Waals surface area contributed by atoms with Crippen molar-refractivity contribution in [1.82, 2.24) is 63.8 Å². The highest BCUT2D eigenvalue weighted by Crippen LogP contribution is 2.33. The van der Waals surface area contributed by atoms with E-state index in [1.54, 1.807) is 42.7 Å². The Kier molecular flexibility index (Phi) is 36.2. The second-order valence-corrected chi connectivity index (χ2v) is 35.0. The van der Waals surface area contributed by atoms with Gasteiger partial charge in [-0.1, -0.05) is 146 Å². The van der Waals surface area contributed by atoms with Gasteiger partial charge in [0, 0.05) is 61.5 Å². The molecule has 1 unspecified atom stereocenters. The number of phenolic OH excluding ortho intramolecular Hbond substituents is 2. The first kappa shape index (κ1) is 94.6. The minimum absolute atomic E-state index is 0.0182. The molecule has 4 aromatic rings. The number of carboxylic acid groups (broad SMARTS) is 2. The predicted molar refractivity (Wildman–Crippen MR) is 434 cm³/mol. The number of hydrogen-bond donors (Lipinski definition) is 17. The molecule has 0 spiro atoms. The number of benzene rings is 4. The highest BCUT2D eigenvalue weighted by molar-refractivity contribution is 8.76. The number of thioether (sulfide) groups is 1. The molecule has 0 bridgehead atoms. The van der Waals surface area contributed by atoms with E-state index in [2.05, 4.69) is 79.9 Å². The van der Waals surface area contributed by atoms with Gasteiger partial charge < -0.3 is 89.3 Å². The lowest BCUT2D eigenvalue weighted by atomic mass is 9.89. The summed E-state index contributed by atoms with van der Waals surface area (Å²) in [6, 6.07) is 11.0. The van der Waals surface area contributed by atoms with Crippen LogP contribution in [0.25, 0.3) is 0 Å². The number of allylic oxidation sites excluding steroid dienone is 2. The lowest BCUT2D eigenvalue weighted by molar-refractivity contribution is -0.151. The predicted octanol–water partition coefficient (Wildman–Crippen LogP) is -0.490. The molecule has 0 radical (unpaired) electrons. The monoisotopic (exact) mass is 1700 g/mol. The smallest absolute Gasteiger partial charge is 0.305 e. The fourth-order valence-corrected chi connectivity index (χ4v) is 18.0. The molecule has 1 fully saturated rings. The highest BCUT2D eigenvalue weighted by atomic mass is 33.1. The van der Waals surface area contributed by atoms with E-state index in [1.165, 1.54) is 91.5 Å². The molecule has 0 aliphatic carbocycles. The number of aliphatic imine (C=N–C) groups is 1. The molecule has 4 aromatic carbocycles. The van der Waals surface area contributed by atoms with Gasteiger partial charge in [0.2, 0.25) is 70.7 Å². The van der Waals surface area contributed by atoms with Crippen molar-refractivity contribution in [2.24, 2.45) is 20.2 Å². The first-order valence-corrected chi connectivity index (χ1v) is 42.5. The molecule has 117 heavy (non-hydrogen) atoms. The van der Waals surface area contributed by atoms with Crippen LogP contribution >= 0.6 is 33.3 Å². The summed E-state index contributed by atoms with van der Waals surface area (Å²) in [4.78, 5) is 226. The molecule has 0 saturated carbocycles. The third-order valence-electron chi connectivity index (χ3n) is 17.8. The Balaban J connectivity index is 1.42. The Morgan fingerprint density at radius 1 is 0.607 bits per heavy atom. The largest absolute Gasteiger partial charge is 0.508 e. The average Bonchev–Trinajstić information content (AvgIpc) is 1.54. The number of nitrogens with one attached hydrogen (secondary N) is 12. The van der Waals surface area contributed by atoms with Crippen LogP contribution in [0.15, 0.2) is 131 Å². The Hall–Kier alpha value is -11.2. The molecule has 10 atom stereocenters. The molecule has 0 aromatic heterocycles. The van der Waals surface area contributed by atoms with Crippen LogP contribution in [0.5, 0.6) is 11.5 Å². The molecule has 2 heterocycles. The van der Waals surface area contributed by atoms with Gasteiger partial charge in [0.25, 0.3) is 17.7 Å². The Morgan fingerprint density at radius 3 is 1.68 bits per heavy atom. The van der Waals surface area contributed by atoms with Gasteiger partial charge in [-0.25, -0.2) is 9.20 Å².